The van der Waals surface area contributed by atoms with Crippen LogP contribution in [0.2, 0.25) is 0 Å². The molecular formula is C13H22N4O. The number of likely N-dealkylation sites (tertiary alicyclic amines) is 1. The molecule has 2 heterocycles. The Morgan fingerprint density at radius 3 is 2.83 bits per heavy atom. The molecule has 1 aliphatic heterocycles. The quantitative estimate of drug-likeness (QED) is 0.878. The zero-order chi connectivity index (χ0) is 13.0. The molecule has 2 rings (SSSR count). The summed E-state index contributed by atoms with van der Waals surface area (Å²) in [6.07, 6.45) is 6.23. The van der Waals surface area contributed by atoms with Gasteiger partial charge in [-0.2, -0.15) is 0 Å². The maximum absolute atomic E-state index is 5.43. The summed E-state index contributed by atoms with van der Waals surface area (Å²) in [4.78, 5) is 11.2. The van der Waals surface area contributed by atoms with Crippen molar-refractivity contribution in [3.8, 4) is 0 Å². The molecule has 0 radical (unpaired) electrons. The SMILES string of the molecule is CNc1cnc(CN2CCC(OC)CC2C)cn1. The van der Waals surface area contributed by atoms with Crippen LogP contribution in [-0.2, 0) is 11.3 Å². The van der Waals surface area contributed by atoms with E-state index in [0.29, 0.717) is 12.1 Å². The summed E-state index contributed by atoms with van der Waals surface area (Å²) in [6, 6.07) is 0.537. The predicted octanol–water partition coefficient (Wildman–Crippen LogP) is 1.52. The van der Waals surface area contributed by atoms with Crippen LogP contribution in [0.25, 0.3) is 0 Å². The van der Waals surface area contributed by atoms with Gasteiger partial charge in [-0.15, -0.1) is 0 Å². The first-order valence-electron chi connectivity index (χ1n) is 6.48. The number of hydrogen-bond acceptors (Lipinski definition) is 5. The fraction of sp³-hybridized carbons (Fsp3) is 0.692. The fourth-order valence-electron chi connectivity index (χ4n) is 2.40. The van der Waals surface area contributed by atoms with Gasteiger partial charge < -0.3 is 10.1 Å². The van der Waals surface area contributed by atoms with Crippen LogP contribution in [0.4, 0.5) is 5.82 Å². The Morgan fingerprint density at radius 1 is 1.44 bits per heavy atom. The van der Waals surface area contributed by atoms with Gasteiger partial charge in [0.25, 0.3) is 0 Å². The van der Waals surface area contributed by atoms with Crippen molar-refractivity contribution < 1.29 is 4.74 Å². The average Bonchev–Trinajstić information content (AvgIpc) is 2.42. The van der Waals surface area contributed by atoms with Crippen molar-refractivity contribution in [2.24, 2.45) is 0 Å². The Hall–Kier alpha value is -1.20. The van der Waals surface area contributed by atoms with Gasteiger partial charge in [-0.1, -0.05) is 0 Å². The lowest BCUT2D eigenvalue weighted by atomic mass is 10.0. The van der Waals surface area contributed by atoms with Crippen molar-refractivity contribution in [2.75, 3.05) is 26.0 Å². The second kappa shape index (κ2) is 6.11. The molecule has 0 bridgehead atoms. The van der Waals surface area contributed by atoms with Crippen LogP contribution < -0.4 is 5.32 Å². The molecule has 1 aromatic heterocycles. The average molecular weight is 250 g/mol. The van der Waals surface area contributed by atoms with Gasteiger partial charge in [-0.3, -0.25) is 9.88 Å². The van der Waals surface area contributed by atoms with Gasteiger partial charge in [-0.25, -0.2) is 4.98 Å². The van der Waals surface area contributed by atoms with Crippen LogP contribution in [0.15, 0.2) is 12.4 Å². The highest BCUT2D eigenvalue weighted by atomic mass is 16.5. The lowest BCUT2D eigenvalue weighted by Crippen LogP contribution is -2.42. The molecule has 2 unspecified atom stereocenters. The van der Waals surface area contributed by atoms with E-state index in [0.717, 1.165) is 37.4 Å². The van der Waals surface area contributed by atoms with Gasteiger partial charge in [0.15, 0.2) is 0 Å². The summed E-state index contributed by atoms with van der Waals surface area (Å²) in [5.74, 6) is 0.810. The Balaban J connectivity index is 1.92. The molecule has 0 spiro atoms. The van der Waals surface area contributed by atoms with E-state index in [1.165, 1.54) is 0 Å². The van der Waals surface area contributed by atoms with Crippen LogP contribution in [0.5, 0.6) is 0 Å². The second-order valence-corrected chi connectivity index (χ2v) is 4.84. The largest absolute Gasteiger partial charge is 0.381 e. The van der Waals surface area contributed by atoms with Crippen molar-refractivity contribution in [2.45, 2.75) is 38.5 Å². The highest BCUT2D eigenvalue weighted by Crippen LogP contribution is 2.20. The van der Waals surface area contributed by atoms with E-state index in [4.69, 9.17) is 4.74 Å². The van der Waals surface area contributed by atoms with Crippen molar-refractivity contribution in [1.29, 1.82) is 0 Å². The molecule has 5 nitrogen and oxygen atoms in total. The number of hydrogen-bond donors (Lipinski definition) is 1. The minimum atomic E-state index is 0.411. The predicted molar refractivity (Wildman–Crippen MR) is 71.5 cm³/mol. The molecule has 18 heavy (non-hydrogen) atoms. The molecule has 0 aliphatic carbocycles. The maximum atomic E-state index is 5.43. The van der Waals surface area contributed by atoms with Crippen LogP contribution in [0.3, 0.4) is 0 Å². The summed E-state index contributed by atoms with van der Waals surface area (Å²) in [7, 11) is 3.65. The van der Waals surface area contributed by atoms with Crippen molar-refractivity contribution in [3.05, 3.63) is 18.1 Å². The molecule has 5 heteroatoms. The van der Waals surface area contributed by atoms with Gasteiger partial charge in [-0.05, 0) is 19.8 Å². The van der Waals surface area contributed by atoms with E-state index >= 15 is 0 Å². The van der Waals surface area contributed by atoms with Crippen LogP contribution in [0, 0.1) is 0 Å². The molecule has 1 N–H and O–H groups in total. The van der Waals surface area contributed by atoms with Crippen LogP contribution in [0.1, 0.15) is 25.5 Å². The zero-order valence-electron chi connectivity index (χ0n) is 11.4. The minimum Gasteiger partial charge on any atom is -0.381 e. The Bertz CT molecular complexity index is 368. The normalized spacial score (nSPS) is 25.1. The van der Waals surface area contributed by atoms with Crippen molar-refractivity contribution in [3.63, 3.8) is 0 Å². The highest BCUT2D eigenvalue weighted by molar-refractivity contribution is 5.29. The van der Waals surface area contributed by atoms with E-state index in [-0.39, 0.29) is 0 Å². The third kappa shape index (κ3) is 3.17. The number of ether oxygens (including phenoxy) is 1. The maximum Gasteiger partial charge on any atom is 0.144 e. The molecule has 0 amide bonds. The number of rotatable bonds is 4. The number of nitrogens with zero attached hydrogens (tertiary/aromatic N) is 3. The monoisotopic (exact) mass is 250 g/mol. The summed E-state index contributed by atoms with van der Waals surface area (Å²) in [6.45, 7) is 4.18. The first kappa shape index (κ1) is 13.2. The molecule has 1 saturated heterocycles. The summed E-state index contributed by atoms with van der Waals surface area (Å²) >= 11 is 0. The van der Waals surface area contributed by atoms with Gasteiger partial charge in [0.1, 0.15) is 5.82 Å². The molecule has 100 valence electrons. The Labute approximate surface area is 109 Å². The molecule has 0 aromatic carbocycles. The van der Waals surface area contributed by atoms with E-state index < -0.39 is 0 Å². The zero-order valence-corrected chi connectivity index (χ0v) is 11.4. The second-order valence-electron chi connectivity index (χ2n) is 4.84. The number of nitrogens with one attached hydrogen (secondary N) is 1. The Morgan fingerprint density at radius 2 is 2.28 bits per heavy atom. The third-order valence-electron chi connectivity index (χ3n) is 3.63. The molecule has 0 saturated carbocycles. The van der Waals surface area contributed by atoms with Crippen molar-refractivity contribution >= 4 is 5.82 Å². The molecule has 1 fully saturated rings. The topological polar surface area (TPSA) is 50.3 Å². The number of methoxy groups -OCH3 is 1. The summed E-state index contributed by atoms with van der Waals surface area (Å²) in [5.41, 5.74) is 1.02. The summed E-state index contributed by atoms with van der Waals surface area (Å²) < 4.78 is 5.43. The fourth-order valence-corrected chi connectivity index (χ4v) is 2.40. The third-order valence-corrected chi connectivity index (χ3v) is 3.63. The van der Waals surface area contributed by atoms with E-state index in [1.54, 1.807) is 13.3 Å². The number of aromatic nitrogens is 2. The molecular weight excluding hydrogens is 228 g/mol. The number of piperidine rings is 1. The van der Waals surface area contributed by atoms with Gasteiger partial charge in [0, 0.05) is 33.3 Å². The van der Waals surface area contributed by atoms with E-state index in [2.05, 4.69) is 27.1 Å². The van der Waals surface area contributed by atoms with Crippen LogP contribution >= 0.6 is 0 Å². The van der Waals surface area contributed by atoms with Gasteiger partial charge >= 0.3 is 0 Å². The first-order valence-corrected chi connectivity index (χ1v) is 6.48. The van der Waals surface area contributed by atoms with Crippen LogP contribution in [-0.4, -0.2) is 47.7 Å². The Kier molecular flexibility index (Phi) is 4.49. The van der Waals surface area contributed by atoms with Crippen molar-refractivity contribution in [1.82, 2.24) is 14.9 Å². The lowest BCUT2D eigenvalue weighted by molar-refractivity contribution is 0.0125. The smallest absolute Gasteiger partial charge is 0.144 e. The molecule has 1 aromatic rings. The molecule has 2 atom stereocenters. The standard InChI is InChI=1S/C13H22N4O/c1-10-6-12(18-3)4-5-17(10)9-11-7-16-13(14-2)8-15-11/h7-8,10,12H,4-6,9H2,1-3H3,(H,14,16). The lowest BCUT2D eigenvalue weighted by Gasteiger charge is -2.36. The van der Waals surface area contributed by atoms with E-state index in [1.807, 2.05) is 13.2 Å². The van der Waals surface area contributed by atoms with Gasteiger partial charge in [0.05, 0.1) is 24.2 Å². The van der Waals surface area contributed by atoms with Gasteiger partial charge in [0.2, 0.25) is 0 Å². The number of anilines is 1. The van der Waals surface area contributed by atoms with E-state index in [9.17, 15) is 0 Å². The summed E-state index contributed by atoms with van der Waals surface area (Å²) in [5, 5.41) is 2.98. The molecule has 1 aliphatic rings. The minimum absolute atomic E-state index is 0.411. The highest BCUT2D eigenvalue weighted by Gasteiger charge is 2.25. The first-order chi connectivity index (χ1) is 8.72.